The summed E-state index contributed by atoms with van der Waals surface area (Å²) >= 11 is 12.0. The Bertz CT molecular complexity index is 741. The van der Waals surface area contributed by atoms with Gasteiger partial charge in [0.2, 0.25) is 0 Å². The summed E-state index contributed by atoms with van der Waals surface area (Å²) in [6.07, 6.45) is -0.152. The molecule has 0 bridgehead atoms. The molecule has 0 spiro atoms. The third kappa shape index (κ3) is 5.29. The summed E-state index contributed by atoms with van der Waals surface area (Å²) in [6, 6.07) is 11.1. The summed E-state index contributed by atoms with van der Waals surface area (Å²) in [4.78, 5) is 12.4. The fraction of sp³-hybridized carbons (Fsp3) is 0.350. The Hall–Kier alpha value is -1.39. The average molecular weight is 380 g/mol. The Kier molecular flexibility index (Phi) is 7.03. The minimum Gasteiger partial charge on any atom is -0.378 e. The minimum absolute atomic E-state index is 0.0464. The van der Waals surface area contributed by atoms with Crippen LogP contribution in [-0.4, -0.2) is 23.7 Å². The molecule has 0 aliphatic carbocycles. The van der Waals surface area contributed by atoms with Crippen molar-refractivity contribution in [2.24, 2.45) is 0 Å². The Labute approximate surface area is 159 Å². The molecule has 0 heterocycles. The summed E-state index contributed by atoms with van der Waals surface area (Å²) in [5.41, 5.74) is 3.63. The predicted molar refractivity (Wildman–Crippen MR) is 104 cm³/mol. The highest BCUT2D eigenvalue weighted by atomic mass is 35.5. The number of carbonyl (C=O) groups is 1. The Balaban J connectivity index is 2.05. The maximum absolute atomic E-state index is 12.4. The first-order valence-electron chi connectivity index (χ1n) is 8.29. The van der Waals surface area contributed by atoms with Crippen molar-refractivity contribution < 1.29 is 9.90 Å². The van der Waals surface area contributed by atoms with Crippen LogP contribution in [0.2, 0.25) is 10.0 Å². The number of aliphatic hydroxyl groups excluding tert-OH is 1. The molecule has 5 heteroatoms. The molecular weight excluding hydrogens is 357 g/mol. The van der Waals surface area contributed by atoms with Gasteiger partial charge in [-0.05, 0) is 50.1 Å². The number of carbonyl (C=O) groups excluding carboxylic acids is 1. The van der Waals surface area contributed by atoms with Crippen LogP contribution in [0.1, 0.15) is 46.3 Å². The first-order valence-corrected chi connectivity index (χ1v) is 9.05. The molecule has 0 aliphatic rings. The van der Waals surface area contributed by atoms with Crippen molar-refractivity contribution >= 4 is 29.0 Å². The standard InChI is InChI=1S/C20H23Cl2NO2/c1-4-16(14-5-6-17(21)18(22)10-14)20(25)23-11-19(24)15-8-12(2)7-13(3)9-15/h5-10,16,20,23,25H,4,11H2,1-3H3. The summed E-state index contributed by atoms with van der Waals surface area (Å²) in [7, 11) is 0. The molecule has 134 valence electrons. The van der Waals surface area contributed by atoms with Crippen molar-refractivity contribution in [2.75, 3.05) is 6.54 Å². The lowest BCUT2D eigenvalue weighted by Gasteiger charge is -2.23. The summed E-state index contributed by atoms with van der Waals surface area (Å²) in [6.45, 7) is 5.97. The number of Topliss-reactive ketones (excluding diaryl/α,β-unsaturated/α-hetero) is 1. The quantitative estimate of drug-likeness (QED) is 0.531. The van der Waals surface area contributed by atoms with Crippen LogP contribution < -0.4 is 5.32 Å². The second-order valence-electron chi connectivity index (χ2n) is 6.31. The van der Waals surface area contributed by atoms with Gasteiger partial charge in [-0.3, -0.25) is 10.1 Å². The van der Waals surface area contributed by atoms with Gasteiger partial charge in [0.25, 0.3) is 0 Å². The van der Waals surface area contributed by atoms with Gasteiger partial charge in [0.1, 0.15) is 6.23 Å². The average Bonchev–Trinajstić information content (AvgIpc) is 2.55. The molecule has 0 aromatic heterocycles. The van der Waals surface area contributed by atoms with Crippen molar-refractivity contribution in [3.63, 3.8) is 0 Å². The number of hydrogen-bond acceptors (Lipinski definition) is 3. The third-order valence-electron chi connectivity index (χ3n) is 4.21. The van der Waals surface area contributed by atoms with Crippen LogP contribution in [0.4, 0.5) is 0 Å². The number of aryl methyl sites for hydroxylation is 2. The van der Waals surface area contributed by atoms with Gasteiger partial charge in [0.05, 0.1) is 16.6 Å². The maximum Gasteiger partial charge on any atom is 0.176 e. The Morgan fingerprint density at radius 1 is 1.08 bits per heavy atom. The second kappa shape index (κ2) is 8.81. The monoisotopic (exact) mass is 379 g/mol. The maximum atomic E-state index is 12.4. The van der Waals surface area contributed by atoms with E-state index in [1.165, 1.54) is 0 Å². The molecule has 2 N–H and O–H groups in total. The van der Waals surface area contributed by atoms with Gasteiger partial charge in [-0.2, -0.15) is 0 Å². The van der Waals surface area contributed by atoms with E-state index in [1.54, 1.807) is 12.1 Å². The molecule has 25 heavy (non-hydrogen) atoms. The fourth-order valence-corrected chi connectivity index (χ4v) is 3.27. The SMILES string of the molecule is CCC(c1ccc(Cl)c(Cl)c1)C(O)NCC(=O)c1cc(C)cc(C)c1. The van der Waals surface area contributed by atoms with E-state index < -0.39 is 6.23 Å². The molecule has 0 radical (unpaired) electrons. The van der Waals surface area contributed by atoms with E-state index in [4.69, 9.17) is 23.2 Å². The molecule has 0 fully saturated rings. The summed E-state index contributed by atoms with van der Waals surface area (Å²) < 4.78 is 0. The van der Waals surface area contributed by atoms with E-state index in [2.05, 4.69) is 5.32 Å². The summed E-state index contributed by atoms with van der Waals surface area (Å²) in [5, 5.41) is 14.4. The van der Waals surface area contributed by atoms with Crippen LogP contribution in [0.25, 0.3) is 0 Å². The highest BCUT2D eigenvalue weighted by Crippen LogP contribution is 2.29. The molecule has 2 rings (SSSR count). The number of ketones is 1. The number of nitrogens with one attached hydrogen (secondary N) is 1. The van der Waals surface area contributed by atoms with Gasteiger partial charge < -0.3 is 5.11 Å². The van der Waals surface area contributed by atoms with Gasteiger partial charge in [0.15, 0.2) is 5.78 Å². The molecule has 0 saturated heterocycles. The van der Waals surface area contributed by atoms with E-state index >= 15 is 0 Å². The lowest BCUT2D eigenvalue weighted by Crippen LogP contribution is -2.38. The molecule has 3 nitrogen and oxygen atoms in total. The van der Waals surface area contributed by atoms with Crippen molar-refractivity contribution in [1.29, 1.82) is 0 Å². The van der Waals surface area contributed by atoms with E-state index in [-0.39, 0.29) is 18.2 Å². The van der Waals surface area contributed by atoms with Crippen LogP contribution in [0.15, 0.2) is 36.4 Å². The molecule has 0 saturated carbocycles. The predicted octanol–water partition coefficient (Wildman–Crippen LogP) is 4.89. The van der Waals surface area contributed by atoms with E-state index in [0.29, 0.717) is 22.0 Å². The van der Waals surface area contributed by atoms with Crippen molar-refractivity contribution in [1.82, 2.24) is 5.32 Å². The zero-order chi connectivity index (χ0) is 18.6. The number of aliphatic hydroxyl groups is 1. The Morgan fingerprint density at radius 2 is 1.72 bits per heavy atom. The van der Waals surface area contributed by atoms with Gasteiger partial charge in [-0.25, -0.2) is 0 Å². The number of hydrogen-bond donors (Lipinski definition) is 2. The Morgan fingerprint density at radius 3 is 2.28 bits per heavy atom. The lowest BCUT2D eigenvalue weighted by atomic mass is 9.94. The summed E-state index contributed by atoms with van der Waals surface area (Å²) in [5.74, 6) is -0.225. The van der Waals surface area contributed by atoms with Gasteiger partial charge in [0, 0.05) is 11.5 Å². The molecule has 0 amide bonds. The van der Waals surface area contributed by atoms with E-state index in [1.807, 2.05) is 45.0 Å². The van der Waals surface area contributed by atoms with Crippen molar-refractivity contribution in [2.45, 2.75) is 39.3 Å². The minimum atomic E-state index is -0.850. The van der Waals surface area contributed by atoms with Crippen molar-refractivity contribution in [3.8, 4) is 0 Å². The zero-order valence-electron chi connectivity index (χ0n) is 14.6. The highest BCUT2D eigenvalue weighted by molar-refractivity contribution is 6.42. The van der Waals surface area contributed by atoms with E-state index in [0.717, 1.165) is 16.7 Å². The molecule has 0 aliphatic heterocycles. The number of halogens is 2. The lowest BCUT2D eigenvalue weighted by molar-refractivity contribution is 0.0855. The molecule has 2 unspecified atom stereocenters. The molecular formula is C20H23Cl2NO2. The normalized spacial score (nSPS) is 13.5. The fourth-order valence-electron chi connectivity index (χ4n) is 2.96. The zero-order valence-corrected chi connectivity index (χ0v) is 16.2. The first-order chi connectivity index (χ1) is 11.8. The number of rotatable bonds is 7. The van der Waals surface area contributed by atoms with Crippen LogP contribution in [-0.2, 0) is 0 Å². The van der Waals surface area contributed by atoms with Gasteiger partial charge >= 0.3 is 0 Å². The largest absolute Gasteiger partial charge is 0.378 e. The third-order valence-corrected chi connectivity index (χ3v) is 4.95. The smallest absolute Gasteiger partial charge is 0.176 e. The van der Waals surface area contributed by atoms with Crippen molar-refractivity contribution in [3.05, 3.63) is 68.7 Å². The topological polar surface area (TPSA) is 49.3 Å². The molecule has 2 aromatic carbocycles. The molecule has 2 atom stereocenters. The van der Waals surface area contributed by atoms with Crippen LogP contribution >= 0.6 is 23.2 Å². The van der Waals surface area contributed by atoms with E-state index in [9.17, 15) is 9.90 Å². The van der Waals surface area contributed by atoms with Crippen LogP contribution in [0, 0.1) is 13.8 Å². The highest BCUT2D eigenvalue weighted by Gasteiger charge is 2.21. The van der Waals surface area contributed by atoms with Crippen LogP contribution in [0.5, 0.6) is 0 Å². The number of benzene rings is 2. The van der Waals surface area contributed by atoms with Gasteiger partial charge in [-0.1, -0.05) is 53.4 Å². The first kappa shape index (κ1) is 19.9. The second-order valence-corrected chi connectivity index (χ2v) is 7.13. The van der Waals surface area contributed by atoms with Crippen LogP contribution in [0.3, 0.4) is 0 Å². The molecule has 2 aromatic rings. The van der Waals surface area contributed by atoms with Gasteiger partial charge in [-0.15, -0.1) is 0 Å².